The van der Waals surface area contributed by atoms with E-state index in [2.05, 4.69) is 18.7 Å². The van der Waals surface area contributed by atoms with E-state index in [1.54, 1.807) is 19.0 Å². The second kappa shape index (κ2) is 3.89. The van der Waals surface area contributed by atoms with Crippen LogP contribution in [0.1, 0.15) is 27.7 Å². The van der Waals surface area contributed by atoms with Gasteiger partial charge in [-0.05, 0) is 41.8 Å². The van der Waals surface area contributed by atoms with E-state index < -0.39 is 0 Å². The van der Waals surface area contributed by atoms with Crippen molar-refractivity contribution in [2.45, 2.75) is 33.2 Å². The van der Waals surface area contributed by atoms with Gasteiger partial charge in [-0.15, -0.1) is 0 Å². The highest BCUT2D eigenvalue weighted by molar-refractivity contribution is 5.82. The number of rotatable bonds is 3. The molecule has 1 amide bonds. The normalized spacial score (nSPS) is 13.2. The van der Waals surface area contributed by atoms with Gasteiger partial charge in [0.1, 0.15) is 0 Å². The Morgan fingerprint density at radius 1 is 0.929 bits per heavy atom. The van der Waals surface area contributed by atoms with Crippen LogP contribution in [0.25, 0.3) is 0 Å². The molecule has 0 saturated heterocycles. The molecule has 0 saturated carbocycles. The average Bonchev–Trinajstić information content (AvgIpc) is 2.01. The zero-order valence-electron chi connectivity index (χ0n) is 10.8. The standard InChI is InChI=1S/C11H24N2O/c1-10(2,9(14)12(5)6)11(3,4)13(7)8/h1-8H3. The van der Waals surface area contributed by atoms with Crippen LogP contribution in [0.3, 0.4) is 0 Å². The third-order valence-electron chi connectivity index (χ3n) is 3.59. The number of hydrogen-bond donors (Lipinski definition) is 0. The molecule has 0 aromatic heterocycles. The molecular formula is C11H24N2O. The zero-order valence-corrected chi connectivity index (χ0v) is 10.8. The lowest BCUT2D eigenvalue weighted by molar-refractivity contribution is -0.144. The molecule has 0 unspecified atom stereocenters. The smallest absolute Gasteiger partial charge is 0.229 e. The third-order valence-corrected chi connectivity index (χ3v) is 3.59. The molecule has 0 spiro atoms. The number of nitrogens with zero attached hydrogens (tertiary/aromatic N) is 2. The van der Waals surface area contributed by atoms with Crippen LogP contribution >= 0.6 is 0 Å². The van der Waals surface area contributed by atoms with Gasteiger partial charge in [0.05, 0.1) is 5.41 Å². The fourth-order valence-corrected chi connectivity index (χ4v) is 1.38. The van der Waals surface area contributed by atoms with Crippen LogP contribution in [-0.4, -0.2) is 49.4 Å². The molecule has 0 radical (unpaired) electrons. The molecule has 0 rings (SSSR count). The van der Waals surface area contributed by atoms with Crippen molar-refractivity contribution < 1.29 is 4.79 Å². The second-order valence-corrected chi connectivity index (χ2v) is 5.28. The van der Waals surface area contributed by atoms with Gasteiger partial charge in [-0.2, -0.15) is 0 Å². The molecule has 0 aliphatic rings. The van der Waals surface area contributed by atoms with Gasteiger partial charge in [-0.25, -0.2) is 0 Å². The predicted octanol–water partition coefficient (Wildman–Crippen LogP) is 1.44. The fourth-order valence-electron chi connectivity index (χ4n) is 1.38. The number of carbonyl (C=O) groups excluding carboxylic acids is 1. The van der Waals surface area contributed by atoms with E-state index in [1.807, 2.05) is 27.9 Å². The summed E-state index contributed by atoms with van der Waals surface area (Å²) in [5.74, 6) is 0.163. The molecule has 0 aromatic carbocycles. The van der Waals surface area contributed by atoms with Crippen LogP contribution in [0, 0.1) is 5.41 Å². The fraction of sp³-hybridized carbons (Fsp3) is 0.909. The Morgan fingerprint density at radius 3 is 1.50 bits per heavy atom. The van der Waals surface area contributed by atoms with E-state index >= 15 is 0 Å². The van der Waals surface area contributed by atoms with Crippen molar-refractivity contribution in [1.82, 2.24) is 9.80 Å². The van der Waals surface area contributed by atoms with Gasteiger partial charge in [0.15, 0.2) is 0 Å². The Morgan fingerprint density at radius 2 is 1.29 bits per heavy atom. The molecule has 0 atom stereocenters. The van der Waals surface area contributed by atoms with Crippen LogP contribution in [0.2, 0.25) is 0 Å². The first-order chi connectivity index (χ1) is 6.05. The maximum atomic E-state index is 12.0. The summed E-state index contributed by atoms with van der Waals surface area (Å²) in [6.45, 7) is 8.17. The lowest BCUT2D eigenvalue weighted by Gasteiger charge is -2.46. The van der Waals surface area contributed by atoms with Crippen molar-refractivity contribution in [3.63, 3.8) is 0 Å². The van der Waals surface area contributed by atoms with Gasteiger partial charge >= 0.3 is 0 Å². The van der Waals surface area contributed by atoms with Gasteiger partial charge in [-0.1, -0.05) is 0 Å². The maximum absolute atomic E-state index is 12.0. The van der Waals surface area contributed by atoms with Gasteiger partial charge < -0.3 is 9.80 Å². The molecule has 0 aliphatic heterocycles. The SMILES string of the molecule is CN(C)C(=O)C(C)(C)C(C)(C)N(C)C. The van der Waals surface area contributed by atoms with Crippen LogP contribution in [0.15, 0.2) is 0 Å². The van der Waals surface area contributed by atoms with Crippen molar-refractivity contribution >= 4 is 5.91 Å². The Hall–Kier alpha value is -0.570. The Balaban J connectivity index is 5.04. The van der Waals surface area contributed by atoms with Crippen LogP contribution in [0.4, 0.5) is 0 Å². The van der Waals surface area contributed by atoms with E-state index in [9.17, 15) is 4.79 Å². The van der Waals surface area contributed by atoms with Crippen LogP contribution < -0.4 is 0 Å². The molecule has 0 fully saturated rings. The van der Waals surface area contributed by atoms with Crippen LogP contribution in [-0.2, 0) is 4.79 Å². The monoisotopic (exact) mass is 200 g/mol. The van der Waals surface area contributed by atoms with Crippen molar-refractivity contribution in [3.05, 3.63) is 0 Å². The molecule has 0 N–H and O–H groups in total. The Labute approximate surface area is 88.1 Å². The Bertz CT molecular complexity index is 217. The van der Waals surface area contributed by atoms with Gasteiger partial charge in [0.2, 0.25) is 5.91 Å². The van der Waals surface area contributed by atoms with Gasteiger partial charge in [0.25, 0.3) is 0 Å². The minimum absolute atomic E-state index is 0.158. The highest BCUT2D eigenvalue weighted by Gasteiger charge is 2.45. The Kier molecular flexibility index (Phi) is 3.73. The molecule has 84 valence electrons. The van der Waals surface area contributed by atoms with E-state index in [1.165, 1.54) is 0 Å². The zero-order chi connectivity index (χ0) is 11.7. The summed E-state index contributed by atoms with van der Waals surface area (Å²) in [7, 11) is 7.61. The van der Waals surface area contributed by atoms with Crippen molar-refractivity contribution in [1.29, 1.82) is 0 Å². The van der Waals surface area contributed by atoms with Crippen molar-refractivity contribution in [2.75, 3.05) is 28.2 Å². The van der Waals surface area contributed by atoms with Gasteiger partial charge in [0, 0.05) is 19.6 Å². The molecule has 3 heteroatoms. The summed E-state index contributed by atoms with van der Waals surface area (Å²) in [6.07, 6.45) is 0. The quantitative estimate of drug-likeness (QED) is 0.688. The van der Waals surface area contributed by atoms with Crippen molar-refractivity contribution in [2.24, 2.45) is 5.41 Å². The van der Waals surface area contributed by atoms with Crippen molar-refractivity contribution in [3.8, 4) is 0 Å². The van der Waals surface area contributed by atoms with E-state index in [0.29, 0.717) is 0 Å². The summed E-state index contributed by atoms with van der Waals surface area (Å²) < 4.78 is 0. The van der Waals surface area contributed by atoms with Crippen LogP contribution in [0.5, 0.6) is 0 Å². The minimum Gasteiger partial charge on any atom is -0.348 e. The summed E-state index contributed by atoms with van der Waals surface area (Å²) >= 11 is 0. The topological polar surface area (TPSA) is 23.6 Å². The first-order valence-corrected chi connectivity index (χ1v) is 4.94. The summed E-state index contributed by atoms with van der Waals surface area (Å²) in [4.78, 5) is 15.8. The highest BCUT2D eigenvalue weighted by Crippen LogP contribution is 2.35. The lowest BCUT2D eigenvalue weighted by Crippen LogP contribution is -2.57. The molecule has 0 aliphatic carbocycles. The molecule has 14 heavy (non-hydrogen) atoms. The predicted molar refractivity (Wildman–Crippen MR) is 60.2 cm³/mol. The maximum Gasteiger partial charge on any atom is 0.229 e. The minimum atomic E-state index is -0.389. The first-order valence-electron chi connectivity index (χ1n) is 4.94. The number of amides is 1. The van der Waals surface area contributed by atoms with Gasteiger partial charge in [-0.3, -0.25) is 4.79 Å². The van der Waals surface area contributed by atoms with E-state index in [-0.39, 0.29) is 16.9 Å². The number of hydrogen-bond acceptors (Lipinski definition) is 2. The molecule has 0 aromatic rings. The molecule has 3 nitrogen and oxygen atoms in total. The van der Waals surface area contributed by atoms with E-state index in [4.69, 9.17) is 0 Å². The third kappa shape index (κ3) is 2.08. The largest absolute Gasteiger partial charge is 0.348 e. The number of carbonyl (C=O) groups is 1. The van der Waals surface area contributed by atoms with E-state index in [0.717, 1.165) is 0 Å². The highest BCUT2D eigenvalue weighted by atomic mass is 16.2. The summed E-state index contributed by atoms with van der Waals surface area (Å²) in [5, 5.41) is 0. The first kappa shape index (κ1) is 13.4. The summed E-state index contributed by atoms with van der Waals surface area (Å²) in [6, 6.07) is 0. The average molecular weight is 200 g/mol. The molecule has 0 bridgehead atoms. The lowest BCUT2D eigenvalue weighted by atomic mass is 9.72. The molecule has 0 heterocycles. The second-order valence-electron chi connectivity index (χ2n) is 5.28. The summed E-state index contributed by atoms with van der Waals surface area (Å²) in [5.41, 5.74) is -0.547. The molecular weight excluding hydrogens is 176 g/mol.